The zero-order valence-corrected chi connectivity index (χ0v) is 21.9. The van der Waals surface area contributed by atoms with Gasteiger partial charge in [0, 0.05) is 31.7 Å². The van der Waals surface area contributed by atoms with Crippen molar-refractivity contribution < 1.29 is 28.7 Å². The van der Waals surface area contributed by atoms with Gasteiger partial charge in [-0.2, -0.15) is 0 Å². The third-order valence-corrected chi connectivity index (χ3v) is 7.72. The van der Waals surface area contributed by atoms with Gasteiger partial charge in [-0.05, 0) is 57.1 Å². The number of hydrogen-bond donors (Lipinski definition) is 1. The van der Waals surface area contributed by atoms with Crippen molar-refractivity contribution in [1.82, 2.24) is 5.32 Å². The highest BCUT2D eigenvalue weighted by Crippen LogP contribution is 2.55. The Morgan fingerprint density at radius 2 is 1.77 bits per heavy atom. The molecule has 7 nitrogen and oxygen atoms in total. The molecular formula is C28H39NO6. The molecule has 192 valence electrons. The number of hydrogen-bond acceptors (Lipinski definition) is 6. The Morgan fingerprint density at radius 1 is 1.11 bits per heavy atom. The molecule has 0 radical (unpaired) electrons. The summed E-state index contributed by atoms with van der Waals surface area (Å²) in [6, 6.07) is -0.113. The van der Waals surface area contributed by atoms with E-state index >= 15 is 0 Å². The van der Waals surface area contributed by atoms with E-state index in [0.717, 1.165) is 12.0 Å². The molecule has 2 aliphatic carbocycles. The minimum absolute atomic E-state index is 0.0446. The summed E-state index contributed by atoms with van der Waals surface area (Å²) in [6.45, 7) is 13.0. The standard InChI is InChI=1S/C28H39NO6/c1-15(2)12-22-26-18(5)17(4)14-21-13-16(3)8-9-23(34-19(6)30)24(35-20(7)31)10-11-25(32)28(21,26)27(33)29-22/h10-11,13-15,18,21-24,26H,8-9,12H2,1-7H3,(H,29,33)/b11-10+,16-13+/t18-,21+,22+,23-,24+,26+,28-/m1/s1. The lowest BCUT2D eigenvalue weighted by Crippen LogP contribution is -2.52. The van der Waals surface area contributed by atoms with Crippen molar-refractivity contribution in [3.8, 4) is 0 Å². The Balaban J connectivity index is 2.18. The Bertz CT molecular complexity index is 976. The van der Waals surface area contributed by atoms with Crippen molar-refractivity contribution >= 4 is 23.6 Å². The third kappa shape index (κ3) is 5.29. The first-order valence-electron chi connectivity index (χ1n) is 12.6. The van der Waals surface area contributed by atoms with Crippen LogP contribution in [0.2, 0.25) is 0 Å². The number of ether oxygens (including phenoxy) is 2. The molecule has 3 rings (SSSR count). The van der Waals surface area contributed by atoms with Crippen LogP contribution in [0.1, 0.15) is 67.7 Å². The number of carbonyl (C=O) groups excluding carboxylic acids is 4. The van der Waals surface area contributed by atoms with Gasteiger partial charge in [-0.3, -0.25) is 19.2 Å². The second kappa shape index (κ2) is 10.5. The molecule has 0 aromatic rings. The first-order valence-corrected chi connectivity index (χ1v) is 12.6. The summed E-state index contributed by atoms with van der Waals surface area (Å²) < 4.78 is 10.9. The van der Waals surface area contributed by atoms with Crippen molar-refractivity contribution in [2.75, 3.05) is 0 Å². The summed E-state index contributed by atoms with van der Waals surface area (Å²) in [5.41, 5.74) is 0.880. The highest BCUT2D eigenvalue weighted by Gasteiger charge is 2.64. The number of esters is 2. The second-order valence-corrected chi connectivity index (χ2v) is 10.8. The Morgan fingerprint density at radius 3 is 2.37 bits per heavy atom. The lowest BCUT2D eigenvalue weighted by molar-refractivity contribution is -0.162. The number of ketones is 1. The maximum absolute atomic E-state index is 14.1. The Kier molecular flexibility index (Phi) is 8.07. The van der Waals surface area contributed by atoms with E-state index in [9.17, 15) is 19.2 Å². The van der Waals surface area contributed by atoms with E-state index in [1.807, 2.05) is 13.0 Å². The monoisotopic (exact) mass is 485 g/mol. The Hall–Kier alpha value is -2.70. The van der Waals surface area contributed by atoms with Crippen molar-refractivity contribution in [3.63, 3.8) is 0 Å². The minimum Gasteiger partial charge on any atom is -0.458 e. The van der Waals surface area contributed by atoms with E-state index in [-0.39, 0.29) is 29.6 Å². The van der Waals surface area contributed by atoms with Crippen LogP contribution in [-0.2, 0) is 28.7 Å². The number of allylic oxidation sites excluding steroid dienone is 5. The van der Waals surface area contributed by atoms with Crippen molar-refractivity contribution in [1.29, 1.82) is 0 Å². The van der Waals surface area contributed by atoms with Crippen LogP contribution in [0, 0.1) is 29.1 Å². The normalized spacial score (nSPS) is 37.6. The van der Waals surface area contributed by atoms with Crippen LogP contribution in [0.4, 0.5) is 0 Å². The molecule has 1 fully saturated rings. The van der Waals surface area contributed by atoms with E-state index < -0.39 is 35.5 Å². The maximum Gasteiger partial charge on any atom is 0.303 e. The minimum atomic E-state index is -1.28. The van der Waals surface area contributed by atoms with E-state index in [1.165, 1.54) is 31.6 Å². The van der Waals surface area contributed by atoms with Crippen LogP contribution in [0.3, 0.4) is 0 Å². The molecular weight excluding hydrogens is 446 g/mol. The van der Waals surface area contributed by atoms with E-state index in [0.29, 0.717) is 18.8 Å². The maximum atomic E-state index is 14.1. The van der Waals surface area contributed by atoms with Gasteiger partial charge in [0.05, 0.1) is 0 Å². The Labute approximate surface area is 208 Å². The fourth-order valence-electron chi connectivity index (χ4n) is 6.16. The summed E-state index contributed by atoms with van der Waals surface area (Å²) in [6.07, 6.45) is 7.07. The fraction of sp³-hybridized carbons (Fsp3) is 0.643. The lowest BCUT2D eigenvalue weighted by Gasteiger charge is -2.44. The van der Waals surface area contributed by atoms with Crippen molar-refractivity contribution in [2.24, 2.45) is 29.1 Å². The van der Waals surface area contributed by atoms with Gasteiger partial charge >= 0.3 is 11.9 Å². The van der Waals surface area contributed by atoms with Crippen molar-refractivity contribution in [3.05, 3.63) is 35.5 Å². The van der Waals surface area contributed by atoms with Gasteiger partial charge in [-0.15, -0.1) is 0 Å². The summed E-state index contributed by atoms with van der Waals surface area (Å²) in [5.74, 6) is -1.78. The van der Waals surface area contributed by atoms with Gasteiger partial charge in [-0.1, -0.05) is 44.1 Å². The first kappa shape index (κ1) is 26.9. The quantitative estimate of drug-likeness (QED) is 0.366. The van der Waals surface area contributed by atoms with Gasteiger partial charge in [0.2, 0.25) is 5.91 Å². The summed E-state index contributed by atoms with van der Waals surface area (Å²) in [7, 11) is 0. The summed E-state index contributed by atoms with van der Waals surface area (Å²) in [4.78, 5) is 51.5. The lowest BCUT2D eigenvalue weighted by atomic mass is 9.55. The van der Waals surface area contributed by atoms with Gasteiger partial charge in [0.15, 0.2) is 11.9 Å². The molecule has 1 heterocycles. The molecule has 1 amide bonds. The fourth-order valence-corrected chi connectivity index (χ4v) is 6.16. The van der Waals surface area contributed by atoms with Gasteiger partial charge < -0.3 is 14.8 Å². The smallest absolute Gasteiger partial charge is 0.303 e. The molecule has 0 saturated carbocycles. The summed E-state index contributed by atoms with van der Waals surface area (Å²) >= 11 is 0. The van der Waals surface area contributed by atoms with Crippen LogP contribution in [0.5, 0.6) is 0 Å². The van der Waals surface area contributed by atoms with Crippen LogP contribution in [-0.4, -0.2) is 41.9 Å². The second-order valence-electron chi connectivity index (χ2n) is 10.8. The van der Waals surface area contributed by atoms with Crippen LogP contribution < -0.4 is 5.32 Å². The third-order valence-electron chi connectivity index (χ3n) is 7.72. The summed E-state index contributed by atoms with van der Waals surface area (Å²) in [5, 5.41) is 3.18. The number of rotatable bonds is 4. The molecule has 1 N–H and O–H groups in total. The molecule has 3 aliphatic rings. The zero-order chi connectivity index (χ0) is 26.1. The van der Waals surface area contributed by atoms with Gasteiger partial charge in [0.25, 0.3) is 0 Å². The zero-order valence-electron chi connectivity index (χ0n) is 21.9. The van der Waals surface area contributed by atoms with Crippen LogP contribution in [0.15, 0.2) is 35.5 Å². The number of nitrogens with one attached hydrogen (secondary N) is 1. The van der Waals surface area contributed by atoms with Crippen LogP contribution in [0.25, 0.3) is 0 Å². The molecule has 1 aliphatic heterocycles. The number of carbonyl (C=O) groups is 4. The molecule has 0 aromatic heterocycles. The van der Waals surface area contributed by atoms with Gasteiger partial charge in [0.1, 0.15) is 11.5 Å². The predicted molar refractivity (Wildman–Crippen MR) is 132 cm³/mol. The molecule has 7 heteroatoms. The molecule has 0 unspecified atom stereocenters. The van der Waals surface area contributed by atoms with Crippen molar-refractivity contribution in [2.45, 2.75) is 86.0 Å². The number of amides is 1. The van der Waals surface area contributed by atoms with Gasteiger partial charge in [-0.25, -0.2) is 0 Å². The predicted octanol–water partition coefficient (Wildman–Crippen LogP) is 4.07. The topological polar surface area (TPSA) is 98.8 Å². The van der Waals surface area contributed by atoms with Crippen LogP contribution >= 0.6 is 0 Å². The average Bonchev–Trinajstić information content (AvgIpc) is 3.02. The SMILES string of the molecule is CC(=O)O[C@H]1/C=C/C(=O)[C@@]23C(=O)N[C@@H](CC(C)C)[C@@H]2[C@H](C)C(C)=C[C@@H]3/C=C(\C)CC[C@H]1OC(C)=O. The van der Waals surface area contributed by atoms with E-state index in [2.05, 4.69) is 39.1 Å². The first-order chi connectivity index (χ1) is 16.4. The highest BCUT2D eigenvalue weighted by atomic mass is 16.6. The molecule has 1 saturated heterocycles. The largest absolute Gasteiger partial charge is 0.458 e. The molecule has 0 aromatic carbocycles. The molecule has 0 bridgehead atoms. The molecule has 1 spiro atoms. The highest BCUT2D eigenvalue weighted by molar-refractivity contribution is 6.13. The van der Waals surface area contributed by atoms with E-state index in [1.54, 1.807) is 0 Å². The average molecular weight is 486 g/mol. The molecule has 35 heavy (non-hydrogen) atoms. The van der Waals surface area contributed by atoms with E-state index in [4.69, 9.17) is 9.47 Å². The molecule has 7 atom stereocenters.